The molecule has 39 heavy (non-hydrogen) atoms. The highest BCUT2D eigenvalue weighted by atomic mass is 16.6. The number of nitrogens with zero attached hydrogens (tertiary/aromatic N) is 1. The fourth-order valence-corrected chi connectivity index (χ4v) is 4.04. The van der Waals surface area contributed by atoms with Crippen molar-refractivity contribution < 1.29 is 33.3 Å². The molecule has 0 aromatic heterocycles. The fraction of sp³-hybridized carbons (Fsp3) is 0.483. The molecular weight excluding hydrogens is 502 g/mol. The van der Waals surface area contributed by atoms with Crippen molar-refractivity contribution in [1.82, 2.24) is 15.5 Å². The Morgan fingerprint density at radius 3 is 2.18 bits per heavy atom. The van der Waals surface area contributed by atoms with Crippen LogP contribution >= 0.6 is 0 Å². The van der Waals surface area contributed by atoms with Crippen molar-refractivity contribution in [3.05, 3.63) is 54.6 Å². The summed E-state index contributed by atoms with van der Waals surface area (Å²) in [7, 11) is 0. The minimum Gasteiger partial charge on any atom is -0.457 e. The molecule has 1 heterocycles. The molecule has 2 atom stereocenters. The number of unbranched alkanes of at least 4 members (excludes halogenated alkanes) is 3. The van der Waals surface area contributed by atoms with Crippen LogP contribution in [0, 0.1) is 0 Å². The summed E-state index contributed by atoms with van der Waals surface area (Å²) in [6.45, 7) is 5.21. The van der Waals surface area contributed by atoms with Crippen LogP contribution in [-0.4, -0.2) is 55.1 Å². The van der Waals surface area contributed by atoms with Crippen LogP contribution in [0.5, 0.6) is 17.2 Å². The van der Waals surface area contributed by atoms with Gasteiger partial charge in [-0.15, -0.1) is 0 Å². The molecule has 0 saturated carbocycles. The van der Waals surface area contributed by atoms with Gasteiger partial charge in [-0.05, 0) is 62.1 Å². The van der Waals surface area contributed by atoms with Gasteiger partial charge in [0.2, 0.25) is 6.23 Å². The minimum absolute atomic E-state index is 0.276. The molecule has 0 radical (unpaired) electrons. The molecule has 0 bridgehead atoms. The van der Waals surface area contributed by atoms with Crippen molar-refractivity contribution in [3.8, 4) is 17.2 Å². The van der Waals surface area contributed by atoms with Gasteiger partial charge in [0, 0.05) is 19.6 Å². The third-order valence-electron chi connectivity index (χ3n) is 6.06. The van der Waals surface area contributed by atoms with Crippen molar-refractivity contribution in [3.63, 3.8) is 0 Å². The standard InChI is InChI=1S/C29H39N3O7/c1-3-5-6-10-20-31-27(33)38-25-14-11-21-32(26(25)39-28(34)30-19-4-2)29(35)37-24-17-15-23(16-18-24)36-22-12-8-7-9-13-22/h7-9,12-13,15-18,25-26H,3-6,10-11,14,19-21H2,1-2H3,(H,30,34)(H,31,33). The number of piperidine rings is 1. The Kier molecular flexibility index (Phi) is 12.2. The van der Waals surface area contributed by atoms with E-state index in [9.17, 15) is 14.4 Å². The predicted octanol–water partition coefficient (Wildman–Crippen LogP) is 6.21. The van der Waals surface area contributed by atoms with Crippen LogP contribution in [0.4, 0.5) is 14.4 Å². The molecule has 0 spiro atoms. The van der Waals surface area contributed by atoms with E-state index in [2.05, 4.69) is 17.6 Å². The van der Waals surface area contributed by atoms with Gasteiger partial charge in [0.25, 0.3) is 0 Å². The van der Waals surface area contributed by atoms with E-state index in [1.54, 1.807) is 24.3 Å². The number of amides is 3. The number of ether oxygens (including phenoxy) is 4. The van der Waals surface area contributed by atoms with Gasteiger partial charge in [0.05, 0.1) is 0 Å². The van der Waals surface area contributed by atoms with E-state index in [1.807, 2.05) is 37.3 Å². The molecule has 1 fully saturated rings. The number of alkyl carbamates (subject to hydrolysis) is 2. The highest BCUT2D eigenvalue weighted by Crippen LogP contribution is 2.26. The molecule has 2 N–H and O–H groups in total. The average Bonchev–Trinajstić information content (AvgIpc) is 2.94. The average molecular weight is 542 g/mol. The van der Waals surface area contributed by atoms with Crippen LogP contribution in [-0.2, 0) is 9.47 Å². The number of nitrogens with one attached hydrogen (secondary N) is 2. The summed E-state index contributed by atoms with van der Waals surface area (Å²) in [6, 6.07) is 15.9. The molecular formula is C29H39N3O7. The summed E-state index contributed by atoms with van der Waals surface area (Å²) < 4.78 is 22.5. The van der Waals surface area contributed by atoms with Crippen molar-refractivity contribution in [2.75, 3.05) is 19.6 Å². The molecule has 2 aromatic carbocycles. The zero-order valence-corrected chi connectivity index (χ0v) is 22.7. The second-order valence-corrected chi connectivity index (χ2v) is 9.24. The van der Waals surface area contributed by atoms with Crippen LogP contribution in [0.2, 0.25) is 0 Å². The number of para-hydroxylation sites is 1. The third-order valence-corrected chi connectivity index (χ3v) is 6.06. The smallest absolute Gasteiger partial charge is 0.418 e. The van der Waals surface area contributed by atoms with E-state index in [0.29, 0.717) is 43.2 Å². The van der Waals surface area contributed by atoms with E-state index < -0.39 is 30.6 Å². The lowest BCUT2D eigenvalue weighted by atomic mass is 10.1. The van der Waals surface area contributed by atoms with Crippen LogP contribution in [0.3, 0.4) is 0 Å². The Labute approximate surface area is 229 Å². The third kappa shape index (κ3) is 10.0. The summed E-state index contributed by atoms with van der Waals surface area (Å²) >= 11 is 0. The highest BCUT2D eigenvalue weighted by Gasteiger charge is 2.40. The quantitative estimate of drug-likeness (QED) is 0.307. The van der Waals surface area contributed by atoms with Crippen LogP contribution in [0.1, 0.15) is 58.8 Å². The van der Waals surface area contributed by atoms with Gasteiger partial charge >= 0.3 is 18.3 Å². The van der Waals surface area contributed by atoms with E-state index in [4.69, 9.17) is 18.9 Å². The number of hydrogen-bond donors (Lipinski definition) is 2. The summed E-state index contributed by atoms with van der Waals surface area (Å²) in [5, 5.41) is 5.37. The maximum absolute atomic E-state index is 13.2. The number of hydrogen-bond acceptors (Lipinski definition) is 7. The van der Waals surface area contributed by atoms with Gasteiger partial charge in [0.15, 0.2) is 6.10 Å². The molecule has 1 aliphatic rings. The SMILES string of the molecule is CCCCCCNC(=O)OC1CCCN(C(=O)Oc2ccc(Oc3ccccc3)cc2)C1OC(=O)NCCC. The minimum atomic E-state index is -1.13. The largest absolute Gasteiger partial charge is 0.457 e. The van der Waals surface area contributed by atoms with Gasteiger partial charge in [-0.1, -0.05) is 51.3 Å². The zero-order chi connectivity index (χ0) is 27.9. The summed E-state index contributed by atoms with van der Waals surface area (Å²) in [5.41, 5.74) is 0. The maximum Gasteiger partial charge on any atom is 0.418 e. The molecule has 3 rings (SSSR count). The van der Waals surface area contributed by atoms with Crippen LogP contribution in [0.15, 0.2) is 54.6 Å². The van der Waals surface area contributed by atoms with Gasteiger partial charge in [-0.2, -0.15) is 0 Å². The van der Waals surface area contributed by atoms with Crippen molar-refractivity contribution in [2.45, 2.75) is 71.1 Å². The summed E-state index contributed by atoms with van der Waals surface area (Å²) in [5.74, 6) is 1.57. The fourth-order valence-electron chi connectivity index (χ4n) is 4.04. The lowest BCUT2D eigenvalue weighted by Gasteiger charge is -2.38. The molecule has 0 aliphatic carbocycles. The van der Waals surface area contributed by atoms with E-state index in [0.717, 1.165) is 32.1 Å². The Morgan fingerprint density at radius 2 is 1.46 bits per heavy atom. The van der Waals surface area contributed by atoms with Gasteiger partial charge < -0.3 is 29.6 Å². The molecule has 3 amide bonds. The molecule has 2 unspecified atom stereocenters. The first-order valence-electron chi connectivity index (χ1n) is 13.7. The van der Waals surface area contributed by atoms with Gasteiger partial charge in [0.1, 0.15) is 17.2 Å². The number of benzene rings is 2. The first-order chi connectivity index (χ1) is 19.0. The molecule has 1 saturated heterocycles. The normalized spacial score (nSPS) is 16.6. The topological polar surface area (TPSA) is 115 Å². The number of carbonyl (C=O) groups excluding carboxylic acids is 3. The number of rotatable bonds is 12. The molecule has 212 valence electrons. The van der Waals surface area contributed by atoms with Crippen LogP contribution < -0.4 is 20.1 Å². The Hall–Kier alpha value is -3.95. The van der Waals surface area contributed by atoms with Crippen molar-refractivity contribution >= 4 is 18.3 Å². The van der Waals surface area contributed by atoms with E-state index in [1.165, 1.54) is 4.90 Å². The Bertz CT molecular complexity index is 1030. The molecule has 10 heteroatoms. The molecule has 1 aliphatic heterocycles. The molecule has 10 nitrogen and oxygen atoms in total. The summed E-state index contributed by atoms with van der Waals surface area (Å²) in [4.78, 5) is 39.3. The van der Waals surface area contributed by atoms with E-state index >= 15 is 0 Å². The van der Waals surface area contributed by atoms with Crippen LogP contribution in [0.25, 0.3) is 0 Å². The monoisotopic (exact) mass is 541 g/mol. The molecule has 2 aromatic rings. The Morgan fingerprint density at radius 1 is 0.795 bits per heavy atom. The predicted molar refractivity (Wildman–Crippen MR) is 146 cm³/mol. The number of carbonyl (C=O) groups is 3. The summed E-state index contributed by atoms with van der Waals surface area (Å²) in [6.07, 6.45) is 1.78. The lowest BCUT2D eigenvalue weighted by Crippen LogP contribution is -2.56. The van der Waals surface area contributed by atoms with E-state index in [-0.39, 0.29) is 6.54 Å². The Balaban J connectivity index is 1.63. The second-order valence-electron chi connectivity index (χ2n) is 9.24. The highest BCUT2D eigenvalue weighted by molar-refractivity contribution is 5.73. The second kappa shape index (κ2) is 16.1. The zero-order valence-electron chi connectivity index (χ0n) is 22.7. The first-order valence-corrected chi connectivity index (χ1v) is 13.7. The first kappa shape index (κ1) is 29.6. The van der Waals surface area contributed by atoms with Crippen molar-refractivity contribution in [1.29, 1.82) is 0 Å². The van der Waals surface area contributed by atoms with Gasteiger partial charge in [-0.3, -0.25) is 4.90 Å². The van der Waals surface area contributed by atoms with Crippen molar-refractivity contribution in [2.24, 2.45) is 0 Å². The maximum atomic E-state index is 13.2. The van der Waals surface area contributed by atoms with Gasteiger partial charge in [-0.25, -0.2) is 14.4 Å². The lowest BCUT2D eigenvalue weighted by molar-refractivity contribution is -0.0998. The number of likely N-dealkylation sites (tertiary alicyclic amines) is 1.